The standard InChI is InChI=1S/C16H26N2/c1-5-18-15(13-9-12(2)10-17-11-13)14-7-6-8-16(14,3)4/h9-11,14-15,18H,5-8H2,1-4H3. The molecule has 1 N–H and O–H groups in total. The number of hydrogen-bond acceptors (Lipinski definition) is 2. The van der Waals surface area contributed by atoms with Crippen LogP contribution in [0, 0.1) is 18.3 Å². The Hall–Kier alpha value is -0.890. The maximum atomic E-state index is 4.37. The quantitative estimate of drug-likeness (QED) is 0.872. The van der Waals surface area contributed by atoms with Crippen molar-refractivity contribution in [2.75, 3.05) is 6.54 Å². The maximum absolute atomic E-state index is 4.37. The predicted molar refractivity (Wildman–Crippen MR) is 76.5 cm³/mol. The summed E-state index contributed by atoms with van der Waals surface area (Å²) in [5.74, 6) is 0.723. The third-order valence-corrected chi connectivity index (χ3v) is 4.42. The highest BCUT2D eigenvalue weighted by atomic mass is 14.9. The minimum absolute atomic E-state index is 0.441. The van der Waals surface area contributed by atoms with Crippen molar-refractivity contribution in [3.8, 4) is 0 Å². The second-order valence-corrected chi connectivity index (χ2v) is 6.32. The predicted octanol–water partition coefficient (Wildman–Crippen LogP) is 3.87. The molecule has 2 nitrogen and oxygen atoms in total. The Balaban J connectivity index is 2.28. The van der Waals surface area contributed by atoms with Gasteiger partial charge in [0.2, 0.25) is 0 Å². The van der Waals surface area contributed by atoms with Gasteiger partial charge in [0.05, 0.1) is 0 Å². The zero-order chi connectivity index (χ0) is 13.2. The SMILES string of the molecule is CCNC(c1cncc(C)c1)C1CCCC1(C)C. The molecule has 1 aromatic heterocycles. The summed E-state index contributed by atoms with van der Waals surface area (Å²) in [7, 11) is 0. The number of hydrogen-bond donors (Lipinski definition) is 1. The molecule has 0 aromatic carbocycles. The molecule has 0 radical (unpaired) electrons. The Morgan fingerprint density at radius 2 is 2.22 bits per heavy atom. The summed E-state index contributed by atoms with van der Waals surface area (Å²) in [6.07, 6.45) is 8.01. The van der Waals surface area contributed by atoms with Crippen molar-refractivity contribution in [3.05, 3.63) is 29.6 Å². The highest BCUT2D eigenvalue weighted by Gasteiger charge is 2.39. The van der Waals surface area contributed by atoms with E-state index in [-0.39, 0.29) is 0 Å². The summed E-state index contributed by atoms with van der Waals surface area (Å²) in [6.45, 7) is 10.2. The van der Waals surface area contributed by atoms with E-state index in [0.717, 1.165) is 12.5 Å². The molecule has 2 heteroatoms. The van der Waals surface area contributed by atoms with Crippen LogP contribution < -0.4 is 5.32 Å². The van der Waals surface area contributed by atoms with E-state index in [2.05, 4.69) is 44.1 Å². The number of rotatable bonds is 4. The van der Waals surface area contributed by atoms with Crippen molar-refractivity contribution in [1.29, 1.82) is 0 Å². The molecule has 0 amide bonds. The molecule has 1 aromatic rings. The fourth-order valence-corrected chi connectivity index (χ4v) is 3.43. The summed E-state index contributed by atoms with van der Waals surface area (Å²) in [5, 5.41) is 3.68. The van der Waals surface area contributed by atoms with Crippen LogP contribution in [0.25, 0.3) is 0 Å². The third-order valence-electron chi connectivity index (χ3n) is 4.42. The fourth-order valence-electron chi connectivity index (χ4n) is 3.43. The number of nitrogens with one attached hydrogen (secondary N) is 1. The van der Waals surface area contributed by atoms with Crippen molar-refractivity contribution in [3.63, 3.8) is 0 Å². The first kappa shape index (κ1) is 13.5. The Kier molecular flexibility index (Phi) is 4.06. The molecule has 1 saturated carbocycles. The normalized spacial score (nSPS) is 24.1. The Morgan fingerprint density at radius 3 is 2.78 bits per heavy atom. The van der Waals surface area contributed by atoms with Gasteiger partial charge in [0.15, 0.2) is 0 Å². The van der Waals surface area contributed by atoms with E-state index in [9.17, 15) is 0 Å². The summed E-state index contributed by atoms with van der Waals surface area (Å²) >= 11 is 0. The van der Waals surface area contributed by atoms with Crippen LogP contribution in [0.15, 0.2) is 18.5 Å². The fraction of sp³-hybridized carbons (Fsp3) is 0.688. The van der Waals surface area contributed by atoms with E-state index < -0.39 is 0 Å². The highest BCUT2D eigenvalue weighted by Crippen LogP contribution is 2.48. The molecular formula is C16H26N2. The summed E-state index contributed by atoms with van der Waals surface area (Å²) in [4.78, 5) is 4.37. The van der Waals surface area contributed by atoms with Crippen LogP contribution in [0.5, 0.6) is 0 Å². The smallest absolute Gasteiger partial charge is 0.0369 e. The van der Waals surface area contributed by atoms with Crippen LogP contribution in [0.4, 0.5) is 0 Å². The van der Waals surface area contributed by atoms with E-state index in [1.165, 1.54) is 30.4 Å². The molecule has 0 spiro atoms. The molecular weight excluding hydrogens is 220 g/mol. The second kappa shape index (κ2) is 5.40. The van der Waals surface area contributed by atoms with Gasteiger partial charge in [-0.15, -0.1) is 0 Å². The lowest BCUT2D eigenvalue weighted by Gasteiger charge is -2.35. The van der Waals surface area contributed by atoms with E-state index in [1.807, 2.05) is 12.4 Å². The first-order valence-electron chi connectivity index (χ1n) is 7.19. The average molecular weight is 246 g/mol. The molecule has 0 bridgehead atoms. The van der Waals surface area contributed by atoms with Gasteiger partial charge in [-0.05, 0) is 48.8 Å². The van der Waals surface area contributed by atoms with E-state index in [4.69, 9.17) is 0 Å². The molecule has 0 saturated heterocycles. The number of aryl methyl sites for hydroxylation is 1. The van der Waals surface area contributed by atoms with Crippen LogP contribution in [0.2, 0.25) is 0 Å². The Labute approximate surface area is 111 Å². The zero-order valence-electron chi connectivity index (χ0n) is 12.2. The van der Waals surface area contributed by atoms with Gasteiger partial charge in [0.1, 0.15) is 0 Å². The number of pyridine rings is 1. The van der Waals surface area contributed by atoms with Crippen molar-refractivity contribution >= 4 is 0 Å². The Bertz CT molecular complexity index is 398. The molecule has 1 aliphatic carbocycles. The lowest BCUT2D eigenvalue weighted by atomic mass is 9.75. The first-order chi connectivity index (χ1) is 8.54. The first-order valence-corrected chi connectivity index (χ1v) is 7.19. The van der Waals surface area contributed by atoms with Crippen molar-refractivity contribution in [2.24, 2.45) is 11.3 Å². The van der Waals surface area contributed by atoms with Crippen molar-refractivity contribution in [1.82, 2.24) is 10.3 Å². The molecule has 100 valence electrons. The topological polar surface area (TPSA) is 24.9 Å². The average Bonchev–Trinajstić information content (AvgIpc) is 2.66. The summed E-state index contributed by atoms with van der Waals surface area (Å²) in [6, 6.07) is 2.74. The summed E-state index contributed by atoms with van der Waals surface area (Å²) in [5.41, 5.74) is 3.05. The Morgan fingerprint density at radius 1 is 1.44 bits per heavy atom. The molecule has 18 heavy (non-hydrogen) atoms. The molecule has 1 heterocycles. The molecule has 2 atom stereocenters. The van der Waals surface area contributed by atoms with Gasteiger partial charge >= 0.3 is 0 Å². The molecule has 1 fully saturated rings. The minimum Gasteiger partial charge on any atom is -0.310 e. The van der Waals surface area contributed by atoms with Gasteiger partial charge in [0, 0.05) is 18.4 Å². The van der Waals surface area contributed by atoms with E-state index >= 15 is 0 Å². The number of nitrogens with zero attached hydrogens (tertiary/aromatic N) is 1. The highest BCUT2D eigenvalue weighted by molar-refractivity contribution is 5.22. The molecule has 2 unspecified atom stereocenters. The monoisotopic (exact) mass is 246 g/mol. The van der Waals surface area contributed by atoms with E-state index in [1.54, 1.807) is 0 Å². The van der Waals surface area contributed by atoms with Gasteiger partial charge in [-0.1, -0.05) is 33.3 Å². The molecule has 0 aliphatic heterocycles. The third kappa shape index (κ3) is 2.74. The molecule has 2 rings (SSSR count). The maximum Gasteiger partial charge on any atom is 0.0369 e. The lowest BCUT2D eigenvalue weighted by Crippen LogP contribution is -2.34. The van der Waals surface area contributed by atoms with Gasteiger partial charge in [-0.2, -0.15) is 0 Å². The van der Waals surface area contributed by atoms with Crippen LogP contribution in [-0.2, 0) is 0 Å². The minimum atomic E-state index is 0.441. The van der Waals surface area contributed by atoms with Crippen LogP contribution >= 0.6 is 0 Å². The van der Waals surface area contributed by atoms with Crippen LogP contribution in [0.1, 0.15) is 57.2 Å². The number of aromatic nitrogens is 1. The van der Waals surface area contributed by atoms with Crippen LogP contribution in [-0.4, -0.2) is 11.5 Å². The molecule has 1 aliphatic rings. The second-order valence-electron chi connectivity index (χ2n) is 6.32. The zero-order valence-corrected chi connectivity index (χ0v) is 12.2. The van der Waals surface area contributed by atoms with Crippen LogP contribution in [0.3, 0.4) is 0 Å². The van der Waals surface area contributed by atoms with Crippen molar-refractivity contribution in [2.45, 2.75) is 53.0 Å². The summed E-state index contributed by atoms with van der Waals surface area (Å²) < 4.78 is 0. The van der Waals surface area contributed by atoms with Crippen molar-refractivity contribution < 1.29 is 0 Å². The van der Waals surface area contributed by atoms with Gasteiger partial charge < -0.3 is 5.32 Å². The van der Waals surface area contributed by atoms with Gasteiger partial charge in [-0.3, -0.25) is 4.98 Å². The van der Waals surface area contributed by atoms with E-state index in [0.29, 0.717) is 11.5 Å². The van der Waals surface area contributed by atoms with Gasteiger partial charge in [-0.25, -0.2) is 0 Å². The van der Waals surface area contributed by atoms with Gasteiger partial charge in [0.25, 0.3) is 0 Å². The largest absolute Gasteiger partial charge is 0.310 e. The lowest BCUT2D eigenvalue weighted by molar-refractivity contribution is 0.199.